The molecule has 1 N–H and O–H groups in total. The van der Waals surface area contributed by atoms with E-state index in [1.807, 2.05) is 0 Å². The molecule has 0 fully saturated rings. The fraction of sp³-hybridized carbons (Fsp3) is 0.200. The Labute approximate surface area is 116 Å². The van der Waals surface area contributed by atoms with Crippen molar-refractivity contribution in [3.63, 3.8) is 0 Å². The van der Waals surface area contributed by atoms with Gasteiger partial charge in [0, 0.05) is 10.6 Å². The quantitative estimate of drug-likeness (QED) is 0.887. The van der Waals surface area contributed by atoms with E-state index < -0.39 is 0 Å². The lowest BCUT2D eigenvalue weighted by Gasteiger charge is -2.19. The third-order valence-corrected chi connectivity index (χ3v) is 3.31. The van der Waals surface area contributed by atoms with E-state index in [0.717, 1.165) is 5.56 Å². The van der Waals surface area contributed by atoms with Gasteiger partial charge < -0.3 is 5.32 Å². The topological polar surface area (TPSA) is 12.0 Å². The summed E-state index contributed by atoms with van der Waals surface area (Å²) in [6.45, 7) is 1.68. The summed E-state index contributed by atoms with van der Waals surface area (Å²) in [6.07, 6.45) is 0. The Balaban J connectivity index is 2.49. The SMILES string of the molecule is CNC(c1ccc(F)c(C)c1)c1cc(Cl)ccc1F. The molecule has 0 radical (unpaired) electrons. The summed E-state index contributed by atoms with van der Waals surface area (Å²) in [6, 6.07) is 8.79. The van der Waals surface area contributed by atoms with Crippen LogP contribution in [0.2, 0.25) is 5.02 Å². The third-order valence-electron chi connectivity index (χ3n) is 3.07. The van der Waals surface area contributed by atoms with Gasteiger partial charge in [0.2, 0.25) is 0 Å². The van der Waals surface area contributed by atoms with E-state index in [2.05, 4.69) is 5.32 Å². The van der Waals surface area contributed by atoms with Crippen molar-refractivity contribution in [1.29, 1.82) is 0 Å². The van der Waals surface area contributed by atoms with Crippen molar-refractivity contribution in [3.05, 3.63) is 69.7 Å². The molecule has 2 aromatic carbocycles. The summed E-state index contributed by atoms with van der Waals surface area (Å²) < 4.78 is 27.2. The fourth-order valence-corrected chi connectivity index (χ4v) is 2.27. The second-order valence-electron chi connectivity index (χ2n) is 4.40. The van der Waals surface area contributed by atoms with E-state index in [9.17, 15) is 8.78 Å². The summed E-state index contributed by atoms with van der Waals surface area (Å²) in [5, 5.41) is 3.50. The predicted octanol–water partition coefficient (Wildman–Crippen LogP) is 4.24. The van der Waals surface area contributed by atoms with Gasteiger partial charge in [-0.25, -0.2) is 8.78 Å². The molecule has 1 nitrogen and oxygen atoms in total. The lowest BCUT2D eigenvalue weighted by molar-refractivity contribution is 0.574. The van der Waals surface area contributed by atoms with Gasteiger partial charge in [0.25, 0.3) is 0 Å². The van der Waals surface area contributed by atoms with E-state index >= 15 is 0 Å². The van der Waals surface area contributed by atoms with E-state index in [-0.39, 0.29) is 17.7 Å². The van der Waals surface area contributed by atoms with E-state index in [0.29, 0.717) is 16.1 Å². The number of benzene rings is 2. The largest absolute Gasteiger partial charge is 0.309 e. The van der Waals surface area contributed by atoms with Crippen molar-refractivity contribution in [2.24, 2.45) is 0 Å². The number of nitrogens with one attached hydrogen (secondary N) is 1. The van der Waals surface area contributed by atoms with Crippen LogP contribution in [0.1, 0.15) is 22.7 Å². The highest BCUT2D eigenvalue weighted by molar-refractivity contribution is 6.30. The molecule has 2 aromatic rings. The molecule has 4 heteroatoms. The monoisotopic (exact) mass is 281 g/mol. The standard InChI is InChI=1S/C15H14ClF2N/c1-9-7-10(3-5-13(9)17)15(19-2)12-8-11(16)4-6-14(12)18/h3-8,15,19H,1-2H3. The molecular formula is C15H14ClF2N. The first-order chi connectivity index (χ1) is 9.02. The molecule has 1 unspecified atom stereocenters. The molecule has 0 spiro atoms. The zero-order valence-electron chi connectivity index (χ0n) is 10.7. The van der Waals surface area contributed by atoms with Gasteiger partial charge in [-0.15, -0.1) is 0 Å². The van der Waals surface area contributed by atoms with Crippen LogP contribution in [0.4, 0.5) is 8.78 Å². The van der Waals surface area contributed by atoms with Gasteiger partial charge in [0.15, 0.2) is 0 Å². The minimum Gasteiger partial charge on any atom is -0.309 e. The first-order valence-corrected chi connectivity index (χ1v) is 6.29. The minimum atomic E-state index is -0.363. The Kier molecular flexibility index (Phi) is 4.17. The molecule has 0 heterocycles. The maximum Gasteiger partial charge on any atom is 0.128 e. The van der Waals surface area contributed by atoms with Crippen LogP contribution in [0.5, 0.6) is 0 Å². The average Bonchev–Trinajstić information content (AvgIpc) is 2.38. The van der Waals surface area contributed by atoms with Gasteiger partial charge in [-0.3, -0.25) is 0 Å². The van der Waals surface area contributed by atoms with Crippen molar-refractivity contribution < 1.29 is 8.78 Å². The van der Waals surface area contributed by atoms with Gasteiger partial charge in [-0.2, -0.15) is 0 Å². The molecule has 0 saturated carbocycles. The summed E-state index contributed by atoms with van der Waals surface area (Å²) in [7, 11) is 1.73. The Morgan fingerprint density at radius 1 is 1.05 bits per heavy atom. The highest BCUT2D eigenvalue weighted by Crippen LogP contribution is 2.27. The van der Waals surface area contributed by atoms with Gasteiger partial charge in [0.1, 0.15) is 11.6 Å². The molecule has 0 aromatic heterocycles. The van der Waals surface area contributed by atoms with Crippen LogP contribution in [0.25, 0.3) is 0 Å². The molecule has 0 saturated heterocycles. The van der Waals surface area contributed by atoms with Crippen molar-refractivity contribution in [3.8, 4) is 0 Å². The fourth-order valence-electron chi connectivity index (χ4n) is 2.09. The molecule has 0 aliphatic heterocycles. The third kappa shape index (κ3) is 2.94. The van der Waals surface area contributed by atoms with Crippen LogP contribution in [0.3, 0.4) is 0 Å². The summed E-state index contributed by atoms with van der Waals surface area (Å²) in [5.41, 5.74) is 1.77. The highest BCUT2D eigenvalue weighted by Gasteiger charge is 2.17. The zero-order valence-corrected chi connectivity index (χ0v) is 11.4. The maximum absolute atomic E-state index is 13.9. The molecule has 0 aliphatic carbocycles. The lowest BCUT2D eigenvalue weighted by Crippen LogP contribution is -2.19. The summed E-state index contributed by atoms with van der Waals surface area (Å²) >= 11 is 5.91. The highest BCUT2D eigenvalue weighted by atomic mass is 35.5. The van der Waals surface area contributed by atoms with E-state index in [1.165, 1.54) is 18.2 Å². The Morgan fingerprint density at radius 2 is 1.74 bits per heavy atom. The van der Waals surface area contributed by atoms with Crippen LogP contribution < -0.4 is 5.32 Å². The lowest BCUT2D eigenvalue weighted by atomic mass is 9.97. The van der Waals surface area contributed by atoms with Crippen LogP contribution in [0, 0.1) is 18.6 Å². The van der Waals surface area contributed by atoms with Gasteiger partial charge in [0.05, 0.1) is 6.04 Å². The Hall–Kier alpha value is -1.45. The van der Waals surface area contributed by atoms with Gasteiger partial charge >= 0.3 is 0 Å². The molecule has 100 valence electrons. The van der Waals surface area contributed by atoms with Gasteiger partial charge in [-0.05, 0) is 49.4 Å². The summed E-state index contributed by atoms with van der Waals surface area (Å²) in [5.74, 6) is -0.615. The molecule has 1 atom stereocenters. The molecule has 0 aliphatic rings. The molecule has 19 heavy (non-hydrogen) atoms. The van der Waals surface area contributed by atoms with Crippen LogP contribution >= 0.6 is 11.6 Å². The number of hydrogen-bond acceptors (Lipinski definition) is 1. The van der Waals surface area contributed by atoms with Crippen molar-refractivity contribution in [1.82, 2.24) is 5.32 Å². The van der Waals surface area contributed by atoms with Gasteiger partial charge in [-0.1, -0.05) is 23.7 Å². The average molecular weight is 282 g/mol. The van der Waals surface area contributed by atoms with E-state index in [4.69, 9.17) is 11.6 Å². The minimum absolute atomic E-state index is 0.273. The molecular weight excluding hydrogens is 268 g/mol. The van der Waals surface area contributed by atoms with Crippen LogP contribution in [0.15, 0.2) is 36.4 Å². The van der Waals surface area contributed by atoms with E-state index in [1.54, 1.807) is 32.2 Å². The maximum atomic E-state index is 13.9. The number of halogens is 3. The van der Waals surface area contributed by atoms with Crippen LogP contribution in [-0.2, 0) is 0 Å². The first kappa shape index (κ1) is 14.0. The molecule has 0 bridgehead atoms. The normalized spacial score (nSPS) is 12.5. The predicted molar refractivity (Wildman–Crippen MR) is 73.4 cm³/mol. The smallest absolute Gasteiger partial charge is 0.128 e. The molecule has 0 amide bonds. The second-order valence-corrected chi connectivity index (χ2v) is 4.83. The zero-order chi connectivity index (χ0) is 14.0. The number of hydrogen-bond donors (Lipinski definition) is 1. The van der Waals surface area contributed by atoms with Crippen LogP contribution in [-0.4, -0.2) is 7.05 Å². The first-order valence-electron chi connectivity index (χ1n) is 5.91. The number of rotatable bonds is 3. The Morgan fingerprint density at radius 3 is 2.37 bits per heavy atom. The Bertz CT molecular complexity index is 599. The van der Waals surface area contributed by atoms with Crippen molar-refractivity contribution >= 4 is 11.6 Å². The summed E-state index contributed by atoms with van der Waals surface area (Å²) in [4.78, 5) is 0. The number of aryl methyl sites for hydroxylation is 1. The molecule has 2 rings (SSSR count). The second kappa shape index (κ2) is 5.68. The van der Waals surface area contributed by atoms with Crippen molar-refractivity contribution in [2.45, 2.75) is 13.0 Å². The van der Waals surface area contributed by atoms with Crippen molar-refractivity contribution in [2.75, 3.05) is 7.05 Å².